The van der Waals surface area contributed by atoms with Gasteiger partial charge in [-0.15, -0.1) is 0 Å². The summed E-state index contributed by atoms with van der Waals surface area (Å²) in [4.78, 5) is 37.4. The van der Waals surface area contributed by atoms with E-state index in [4.69, 9.17) is 14.2 Å². The van der Waals surface area contributed by atoms with Gasteiger partial charge < -0.3 is 14.2 Å². The van der Waals surface area contributed by atoms with Gasteiger partial charge in [0, 0.05) is 19.3 Å². The van der Waals surface area contributed by atoms with E-state index in [9.17, 15) is 14.4 Å². The first-order chi connectivity index (χ1) is 22.9. The van der Waals surface area contributed by atoms with Crippen molar-refractivity contribution in [3.63, 3.8) is 0 Å². The van der Waals surface area contributed by atoms with E-state index in [0.29, 0.717) is 19.3 Å². The van der Waals surface area contributed by atoms with Gasteiger partial charge in [-0.2, -0.15) is 0 Å². The Balaban J connectivity index is 4.31. The molecule has 0 unspecified atom stereocenters. The summed E-state index contributed by atoms with van der Waals surface area (Å²) in [5, 5.41) is 0. The number of hydrogen-bond acceptors (Lipinski definition) is 6. The van der Waals surface area contributed by atoms with Gasteiger partial charge in [0.25, 0.3) is 0 Å². The minimum Gasteiger partial charge on any atom is -0.462 e. The van der Waals surface area contributed by atoms with E-state index in [1.165, 1.54) is 116 Å². The van der Waals surface area contributed by atoms with Gasteiger partial charge in [0.1, 0.15) is 13.2 Å². The maximum absolute atomic E-state index is 12.6. The van der Waals surface area contributed by atoms with Crippen LogP contribution >= 0.6 is 0 Å². The minimum atomic E-state index is -0.757. The number of unbranched alkanes of at least 4 members (excludes halogenated alkanes) is 23. The van der Waals surface area contributed by atoms with E-state index in [-0.39, 0.29) is 31.1 Å². The monoisotopic (exact) mass is 667 g/mol. The van der Waals surface area contributed by atoms with Crippen LogP contribution in [0, 0.1) is 5.92 Å². The Morgan fingerprint density at radius 1 is 0.404 bits per heavy atom. The highest BCUT2D eigenvalue weighted by Crippen LogP contribution is 2.15. The Bertz CT molecular complexity index is 706. The molecule has 0 bridgehead atoms. The topological polar surface area (TPSA) is 78.9 Å². The molecular weight excluding hydrogens is 588 g/mol. The van der Waals surface area contributed by atoms with E-state index >= 15 is 0 Å². The molecule has 0 radical (unpaired) electrons. The predicted molar refractivity (Wildman–Crippen MR) is 196 cm³/mol. The third-order valence-electron chi connectivity index (χ3n) is 9.04. The molecule has 0 amide bonds. The molecule has 278 valence electrons. The Kier molecular flexibility index (Phi) is 34.5. The fourth-order valence-corrected chi connectivity index (χ4v) is 5.92. The van der Waals surface area contributed by atoms with E-state index in [1.54, 1.807) is 0 Å². The molecule has 0 rings (SSSR count). The van der Waals surface area contributed by atoms with Crippen LogP contribution in [0.5, 0.6) is 0 Å². The van der Waals surface area contributed by atoms with Gasteiger partial charge in [0.15, 0.2) is 6.10 Å². The number of ether oxygens (including phenoxy) is 3. The third kappa shape index (κ3) is 35.5. The van der Waals surface area contributed by atoms with Crippen LogP contribution in [0.4, 0.5) is 0 Å². The second kappa shape index (κ2) is 35.7. The lowest BCUT2D eigenvalue weighted by atomic mass is 10.0. The normalized spacial score (nSPS) is 11.9. The smallest absolute Gasteiger partial charge is 0.306 e. The number of rotatable bonds is 36. The van der Waals surface area contributed by atoms with Crippen LogP contribution < -0.4 is 0 Å². The average Bonchev–Trinajstić information content (AvgIpc) is 3.05. The van der Waals surface area contributed by atoms with Crippen molar-refractivity contribution >= 4 is 17.9 Å². The summed E-state index contributed by atoms with van der Waals surface area (Å²) < 4.78 is 16.6. The molecule has 0 aromatic heterocycles. The molecule has 6 heteroatoms. The van der Waals surface area contributed by atoms with E-state index in [2.05, 4.69) is 27.7 Å². The van der Waals surface area contributed by atoms with Crippen LogP contribution in [0.25, 0.3) is 0 Å². The number of hydrogen-bond donors (Lipinski definition) is 0. The van der Waals surface area contributed by atoms with Gasteiger partial charge in [-0.05, 0) is 25.2 Å². The third-order valence-corrected chi connectivity index (χ3v) is 9.04. The Morgan fingerprint density at radius 3 is 1.04 bits per heavy atom. The largest absolute Gasteiger partial charge is 0.462 e. The second-order valence-electron chi connectivity index (χ2n) is 14.4. The fraction of sp³-hybridized carbons (Fsp3) is 0.927. The zero-order chi connectivity index (χ0) is 34.6. The molecular formula is C41H78O6. The van der Waals surface area contributed by atoms with Gasteiger partial charge >= 0.3 is 17.9 Å². The maximum Gasteiger partial charge on any atom is 0.306 e. The molecule has 0 aromatic carbocycles. The number of carbonyl (C=O) groups is 3. The van der Waals surface area contributed by atoms with Crippen molar-refractivity contribution in [3.8, 4) is 0 Å². The Labute approximate surface area is 291 Å². The molecule has 0 aliphatic carbocycles. The molecule has 1 atom stereocenters. The molecule has 0 heterocycles. The summed E-state index contributed by atoms with van der Waals surface area (Å²) in [6.07, 6.45) is 32.5. The summed E-state index contributed by atoms with van der Waals surface area (Å²) in [6.45, 7) is 8.86. The quantitative estimate of drug-likeness (QED) is 0.0376. The zero-order valence-corrected chi connectivity index (χ0v) is 31.7. The van der Waals surface area contributed by atoms with Crippen LogP contribution in [-0.2, 0) is 28.6 Å². The number of carbonyl (C=O) groups excluding carboxylic acids is 3. The molecule has 0 saturated carbocycles. The molecule has 47 heavy (non-hydrogen) atoms. The lowest BCUT2D eigenvalue weighted by Gasteiger charge is -2.18. The number of esters is 3. The van der Waals surface area contributed by atoms with Crippen molar-refractivity contribution in [3.05, 3.63) is 0 Å². The van der Waals surface area contributed by atoms with Gasteiger partial charge in [-0.1, -0.05) is 182 Å². The summed E-state index contributed by atoms with van der Waals surface area (Å²) in [6, 6.07) is 0. The maximum atomic E-state index is 12.6. The molecule has 0 aliphatic heterocycles. The first-order valence-electron chi connectivity index (χ1n) is 20.4. The van der Waals surface area contributed by atoms with Crippen molar-refractivity contribution in [1.82, 2.24) is 0 Å². The average molecular weight is 667 g/mol. The Morgan fingerprint density at radius 2 is 0.702 bits per heavy atom. The summed E-state index contributed by atoms with van der Waals surface area (Å²) in [7, 11) is 0. The summed E-state index contributed by atoms with van der Waals surface area (Å²) in [5.74, 6) is -0.108. The lowest BCUT2D eigenvalue weighted by Crippen LogP contribution is -2.30. The Hall–Kier alpha value is -1.59. The highest BCUT2D eigenvalue weighted by molar-refractivity contribution is 5.71. The van der Waals surface area contributed by atoms with Crippen molar-refractivity contribution in [2.45, 2.75) is 226 Å². The minimum absolute atomic E-state index is 0.0661. The SMILES string of the molecule is CCCCCCCCCCCCCCCC(=O)O[C@@H](COC(=O)CCCCCCCCC)COC(=O)CCCCCCCCC(C)C. The lowest BCUT2D eigenvalue weighted by molar-refractivity contribution is -0.167. The van der Waals surface area contributed by atoms with E-state index < -0.39 is 6.10 Å². The molecule has 0 aromatic rings. The van der Waals surface area contributed by atoms with Crippen LogP contribution in [-0.4, -0.2) is 37.2 Å². The zero-order valence-electron chi connectivity index (χ0n) is 31.7. The van der Waals surface area contributed by atoms with E-state index in [0.717, 1.165) is 63.7 Å². The highest BCUT2D eigenvalue weighted by Gasteiger charge is 2.19. The van der Waals surface area contributed by atoms with Crippen LogP contribution in [0.2, 0.25) is 0 Å². The molecule has 6 nitrogen and oxygen atoms in total. The van der Waals surface area contributed by atoms with Gasteiger partial charge in [-0.3, -0.25) is 14.4 Å². The molecule has 0 spiro atoms. The molecule has 0 aliphatic rings. The van der Waals surface area contributed by atoms with Crippen molar-refractivity contribution in [2.75, 3.05) is 13.2 Å². The molecule has 0 N–H and O–H groups in total. The van der Waals surface area contributed by atoms with Crippen molar-refractivity contribution < 1.29 is 28.6 Å². The van der Waals surface area contributed by atoms with Crippen LogP contribution in [0.3, 0.4) is 0 Å². The molecule has 0 fully saturated rings. The second-order valence-corrected chi connectivity index (χ2v) is 14.4. The first-order valence-corrected chi connectivity index (χ1v) is 20.4. The summed E-state index contributed by atoms with van der Waals surface area (Å²) in [5.41, 5.74) is 0. The first kappa shape index (κ1) is 45.4. The van der Waals surface area contributed by atoms with Crippen LogP contribution in [0.1, 0.15) is 220 Å². The van der Waals surface area contributed by atoms with Gasteiger partial charge in [0.2, 0.25) is 0 Å². The highest BCUT2D eigenvalue weighted by atomic mass is 16.6. The molecule has 0 saturated heterocycles. The van der Waals surface area contributed by atoms with Gasteiger partial charge in [0.05, 0.1) is 0 Å². The predicted octanol–water partition coefficient (Wildman–Crippen LogP) is 12.4. The standard InChI is InChI=1S/C41H78O6/c1-5-7-9-11-13-14-15-16-17-18-20-26-30-34-41(44)47-38(35-45-39(42)32-28-24-19-12-10-8-6-2)36-46-40(43)33-29-25-22-21-23-27-31-37(3)4/h37-38H,5-36H2,1-4H3/t38-/m0/s1. The van der Waals surface area contributed by atoms with Gasteiger partial charge in [-0.25, -0.2) is 0 Å². The van der Waals surface area contributed by atoms with Crippen LogP contribution in [0.15, 0.2) is 0 Å². The van der Waals surface area contributed by atoms with Crippen molar-refractivity contribution in [1.29, 1.82) is 0 Å². The van der Waals surface area contributed by atoms with E-state index in [1.807, 2.05) is 0 Å². The fourth-order valence-electron chi connectivity index (χ4n) is 5.92. The van der Waals surface area contributed by atoms with Crippen molar-refractivity contribution in [2.24, 2.45) is 5.92 Å². The summed E-state index contributed by atoms with van der Waals surface area (Å²) >= 11 is 0.